The first-order chi connectivity index (χ1) is 11.6. The van der Waals surface area contributed by atoms with E-state index in [1.807, 2.05) is 6.92 Å². The lowest BCUT2D eigenvalue weighted by Gasteiger charge is -2.24. The quantitative estimate of drug-likeness (QED) is 0.441. The van der Waals surface area contributed by atoms with Crippen molar-refractivity contribution in [3.05, 3.63) is 33.9 Å². The molecule has 1 saturated carbocycles. The van der Waals surface area contributed by atoms with Crippen molar-refractivity contribution in [1.82, 2.24) is 4.90 Å². The molecule has 0 spiro atoms. The average molecular weight is 347 g/mol. The van der Waals surface area contributed by atoms with Crippen LogP contribution in [-0.2, 0) is 0 Å². The number of aryl methyl sites for hydroxylation is 1. The SMILES string of the molecule is Cc1cc([N+](=O)[O-])ccc1N=C1SCCN1CC1CCCCCC1. The number of benzene rings is 1. The summed E-state index contributed by atoms with van der Waals surface area (Å²) < 4.78 is 0. The number of thioether (sulfide) groups is 1. The Labute approximate surface area is 147 Å². The molecule has 1 aromatic carbocycles. The lowest BCUT2D eigenvalue weighted by atomic mass is 10.00. The molecule has 1 heterocycles. The fraction of sp³-hybridized carbons (Fsp3) is 0.611. The molecule has 1 aliphatic heterocycles. The second kappa shape index (κ2) is 8.01. The van der Waals surface area contributed by atoms with E-state index in [1.165, 1.54) is 38.5 Å². The highest BCUT2D eigenvalue weighted by atomic mass is 32.2. The maximum absolute atomic E-state index is 10.9. The summed E-state index contributed by atoms with van der Waals surface area (Å²) in [5.74, 6) is 1.87. The van der Waals surface area contributed by atoms with Crippen LogP contribution in [-0.4, -0.2) is 33.8 Å². The summed E-state index contributed by atoms with van der Waals surface area (Å²) in [6.45, 7) is 4.06. The van der Waals surface area contributed by atoms with Crippen molar-refractivity contribution < 1.29 is 4.92 Å². The Morgan fingerprint density at radius 2 is 2.04 bits per heavy atom. The normalized spacial score (nSPS) is 21.2. The fourth-order valence-corrected chi connectivity index (χ4v) is 4.55. The highest BCUT2D eigenvalue weighted by Crippen LogP contribution is 2.30. The van der Waals surface area contributed by atoms with Crippen LogP contribution in [0.15, 0.2) is 23.2 Å². The Balaban J connectivity index is 1.72. The van der Waals surface area contributed by atoms with E-state index >= 15 is 0 Å². The summed E-state index contributed by atoms with van der Waals surface area (Å²) in [7, 11) is 0. The second-order valence-corrected chi connectivity index (χ2v) is 7.84. The molecule has 0 N–H and O–H groups in total. The largest absolute Gasteiger partial charge is 0.350 e. The smallest absolute Gasteiger partial charge is 0.269 e. The zero-order valence-corrected chi connectivity index (χ0v) is 15.1. The van der Waals surface area contributed by atoms with Gasteiger partial charge in [0, 0.05) is 31.0 Å². The van der Waals surface area contributed by atoms with Crippen molar-refractivity contribution in [2.45, 2.75) is 45.4 Å². The van der Waals surface area contributed by atoms with Gasteiger partial charge in [-0.05, 0) is 37.3 Å². The first-order valence-electron chi connectivity index (χ1n) is 8.85. The third-order valence-electron chi connectivity index (χ3n) is 4.92. The molecule has 2 fully saturated rings. The first kappa shape index (κ1) is 17.3. The Morgan fingerprint density at radius 1 is 1.29 bits per heavy atom. The van der Waals surface area contributed by atoms with Crippen molar-refractivity contribution in [2.75, 3.05) is 18.8 Å². The van der Waals surface area contributed by atoms with Gasteiger partial charge < -0.3 is 4.90 Å². The molecule has 3 rings (SSSR count). The molecule has 5 nitrogen and oxygen atoms in total. The van der Waals surface area contributed by atoms with E-state index in [0.29, 0.717) is 0 Å². The van der Waals surface area contributed by atoms with Gasteiger partial charge in [-0.3, -0.25) is 10.1 Å². The van der Waals surface area contributed by atoms with E-state index < -0.39 is 0 Å². The molecular formula is C18H25N3O2S. The van der Waals surface area contributed by atoms with Gasteiger partial charge in [0.2, 0.25) is 0 Å². The summed E-state index contributed by atoms with van der Waals surface area (Å²) >= 11 is 1.80. The van der Waals surface area contributed by atoms with Gasteiger partial charge in [-0.15, -0.1) is 0 Å². The van der Waals surface area contributed by atoms with Gasteiger partial charge in [0.1, 0.15) is 0 Å². The van der Waals surface area contributed by atoms with E-state index in [0.717, 1.165) is 41.2 Å². The van der Waals surface area contributed by atoms with Crippen LogP contribution in [0, 0.1) is 23.0 Å². The molecule has 1 aromatic rings. The van der Waals surface area contributed by atoms with Gasteiger partial charge in [-0.2, -0.15) is 0 Å². The van der Waals surface area contributed by atoms with E-state index in [9.17, 15) is 10.1 Å². The Morgan fingerprint density at radius 3 is 2.71 bits per heavy atom. The van der Waals surface area contributed by atoms with Crippen LogP contribution in [0.4, 0.5) is 11.4 Å². The summed E-state index contributed by atoms with van der Waals surface area (Å²) in [5.41, 5.74) is 1.83. The molecule has 1 aliphatic carbocycles. The molecule has 0 bridgehead atoms. The van der Waals surface area contributed by atoms with Gasteiger partial charge >= 0.3 is 0 Å². The lowest BCUT2D eigenvalue weighted by Crippen LogP contribution is -2.30. The zero-order valence-electron chi connectivity index (χ0n) is 14.2. The number of hydrogen-bond acceptors (Lipinski definition) is 4. The number of hydrogen-bond donors (Lipinski definition) is 0. The molecule has 2 aliphatic rings. The predicted molar refractivity (Wildman–Crippen MR) is 100 cm³/mol. The van der Waals surface area contributed by atoms with E-state index in [1.54, 1.807) is 30.0 Å². The highest BCUT2D eigenvalue weighted by Gasteiger charge is 2.24. The summed E-state index contributed by atoms with van der Waals surface area (Å²) in [6, 6.07) is 4.92. The number of nitro benzene ring substituents is 1. The summed E-state index contributed by atoms with van der Waals surface area (Å²) in [6.07, 6.45) is 8.16. The number of nitro groups is 1. The van der Waals surface area contributed by atoms with Crippen LogP contribution in [0.2, 0.25) is 0 Å². The lowest BCUT2D eigenvalue weighted by molar-refractivity contribution is -0.384. The van der Waals surface area contributed by atoms with Crippen molar-refractivity contribution in [3.8, 4) is 0 Å². The number of non-ortho nitro benzene ring substituents is 1. The molecule has 1 saturated heterocycles. The predicted octanol–water partition coefficient (Wildman–Crippen LogP) is 4.91. The van der Waals surface area contributed by atoms with E-state index in [4.69, 9.17) is 4.99 Å². The molecule has 0 atom stereocenters. The fourth-order valence-electron chi connectivity index (χ4n) is 3.55. The second-order valence-electron chi connectivity index (χ2n) is 6.77. The molecule has 130 valence electrons. The molecule has 0 aromatic heterocycles. The molecular weight excluding hydrogens is 322 g/mol. The molecule has 6 heteroatoms. The highest BCUT2D eigenvalue weighted by molar-refractivity contribution is 8.14. The van der Waals surface area contributed by atoms with Crippen LogP contribution < -0.4 is 0 Å². The molecule has 0 unspecified atom stereocenters. The van der Waals surface area contributed by atoms with E-state index in [-0.39, 0.29) is 10.6 Å². The average Bonchev–Trinajstić information content (AvgIpc) is 2.82. The van der Waals surface area contributed by atoms with Gasteiger partial charge in [0.05, 0.1) is 10.6 Å². The number of aliphatic imine (C=N–C) groups is 1. The molecule has 24 heavy (non-hydrogen) atoms. The summed E-state index contributed by atoms with van der Waals surface area (Å²) in [4.78, 5) is 17.7. The van der Waals surface area contributed by atoms with Crippen molar-refractivity contribution in [1.29, 1.82) is 0 Å². The third-order valence-corrected chi connectivity index (χ3v) is 5.92. The van der Waals surface area contributed by atoms with Gasteiger partial charge in [-0.1, -0.05) is 37.4 Å². The summed E-state index contributed by atoms with van der Waals surface area (Å²) in [5, 5.41) is 11.9. The minimum atomic E-state index is -0.355. The zero-order chi connectivity index (χ0) is 16.9. The molecule has 0 amide bonds. The van der Waals surface area contributed by atoms with Crippen LogP contribution in [0.1, 0.15) is 44.1 Å². The number of nitrogens with zero attached hydrogens (tertiary/aromatic N) is 3. The van der Waals surface area contributed by atoms with E-state index in [2.05, 4.69) is 4.90 Å². The standard InChI is InChI=1S/C18H25N3O2S/c1-14-12-16(21(22)23)8-9-17(14)19-18-20(10-11-24-18)13-15-6-4-2-3-5-7-15/h8-9,12,15H,2-7,10-11,13H2,1H3. The maximum Gasteiger partial charge on any atom is 0.269 e. The third kappa shape index (κ3) is 4.29. The minimum Gasteiger partial charge on any atom is -0.350 e. The van der Waals surface area contributed by atoms with Crippen molar-refractivity contribution in [3.63, 3.8) is 0 Å². The minimum absolute atomic E-state index is 0.130. The van der Waals surface area contributed by atoms with Crippen molar-refractivity contribution >= 4 is 28.3 Å². The number of amidine groups is 1. The topological polar surface area (TPSA) is 58.7 Å². The Kier molecular flexibility index (Phi) is 5.76. The van der Waals surface area contributed by atoms with Crippen LogP contribution >= 0.6 is 11.8 Å². The Bertz CT molecular complexity index is 625. The van der Waals surface area contributed by atoms with Crippen LogP contribution in [0.25, 0.3) is 0 Å². The van der Waals surface area contributed by atoms with Gasteiger partial charge in [-0.25, -0.2) is 4.99 Å². The van der Waals surface area contributed by atoms with Crippen LogP contribution in [0.3, 0.4) is 0 Å². The van der Waals surface area contributed by atoms with Gasteiger partial charge in [0.15, 0.2) is 5.17 Å². The van der Waals surface area contributed by atoms with Crippen molar-refractivity contribution in [2.24, 2.45) is 10.9 Å². The molecule has 0 radical (unpaired) electrons. The van der Waals surface area contributed by atoms with Gasteiger partial charge in [0.25, 0.3) is 5.69 Å². The number of rotatable bonds is 4. The van der Waals surface area contributed by atoms with Crippen LogP contribution in [0.5, 0.6) is 0 Å². The Hall–Kier alpha value is -1.56. The maximum atomic E-state index is 10.9. The monoisotopic (exact) mass is 347 g/mol. The first-order valence-corrected chi connectivity index (χ1v) is 9.83.